The Kier molecular flexibility index (Phi) is 5.88. The van der Waals surface area contributed by atoms with Gasteiger partial charge in [-0.05, 0) is 25.8 Å². The highest BCUT2D eigenvalue weighted by molar-refractivity contribution is 5.85. The van der Waals surface area contributed by atoms with Crippen molar-refractivity contribution in [1.29, 1.82) is 0 Å². The van der Waals surface area contributed by atoms with E-state index in [1.807, 2.05) is 0 Å². The van der Waals surface area contributed by atoms with E-state index in [0.717, 1.165) is 38.9 Å². The number of rotatable bonds is 2. The van der Waals surface area contributed by atoms with E-state index in [0.29, 0.717) is 6.54 Å². The van der Waals surface area contributed by atoms with Crippen LogP contribution in [0.5, 0.6) is 0 Å². The summed E-state index contributed by atoms with van der Waals surface area (Å²) in [6.45, 7) is 4.78. The monoisotopic (exact) mass is 275 g/mol. The molecule has 0 aliphatic carbocycles. The molecule has 2 heterocycles. The Morgan fingerprint density at radius 1 is 1.33 bits per heavy atom. The highest BCUT2D eigenvalue weighted by Gasteiger charge is 2.30. The molecule has 0 spiro atoms. The minimum absolute atomic E-state index is 0. The van der Waals surface area contributed by atoms with E-state index in [2.05, 4.69) is 10.6 Å². The number of hydrogen-bond acceptors (Lipinski definition) is 3. The molecule has 2 saturated heterocycles. The molecule has 0 bridgehead atoms. The van der Waals surface area contributed by atoms with Crippen molar-refractivity contribution in [2.45, 2.75) is 32.2 Å². The van der Waals surface area contributed by atoms with Gasteiger partial charge in [0.05, 0.1) is 5.92 Å². The van der Waals surface area contributed by atoms with Crippen LogP contribution in [0.2, 0.25) is 0 Å². The summed E-state index contributed by atoms with van der Waals surface area (Å²) in [7, 11) is 0. The predicted octanol–water partition coefficient (Wildman–Crippen LogP) is 0.145. The molecular formula is C12H22ClN3O2. The molecule has 104 valence electrons. The standard InChI is InChI=1S/C12H21N3O2.ClH/c1-9(16)15-6-4-10(8-15)12(17)14-11-3-2-5-13-7-11;/h10-11,13H,2-8H2,1H3,(H,14,17);1H/t10?,11-;/m0./s1. The highest BCUT2D eigenvalue weighted by atomic mass is 35.5. The van der Waals surface area contributed by atoms with Gasteiger partial charge in [0.15, 0.2) is 0 Å². The first-order valence-corrected chi connectivity index (χ1v) is 6.43. The summed E-state index contributed by atoms with van der Waals surface area (Å²) in [5.41, 5.74) is 0. The molecule has 2 aliphatic rings. The molecule has 0 aromatic rings. The van der Waals surface area contributed by atoms with E-state index in [9.17, 15) is 9.59 Å². The fourth-order valence-electron chi connectivity index (χ4n) is 2.55. The van der Waals surface area contributed by atoms with Crippen LogP contribution >= 0.6 is 12.4 Å². The van der Waals surface area contributed by atoms with E-state index in [4.69, 9.17) is 0 Å². The van der Waals surface area contributed by atoms with Crippen molar-refractivity contribution in [3.05, 3.63) is 0 Å². The zero-order valence-corrected chi connectivity index (χ0v) is 11.6. The molecule has 2 aliphatic heterocycles. The van der Waals surface area contributed by atoms with Crippen molar-refractivity contribution in [3.63, 3.8) is 0 Å². The lowest BCUT2D eigenvalue weighted by Gasteiger charge is -2.25. The Balaban J connectivity index is 0.00000162. The number of piperidine rings is 1. The lowest BCUT2D eigenvalue weighted by Crippen LogP contribution is -2.47. The zero-order chi connectivity index (χ0) is 12.3. The van der Waals surface area contributed by atoms with Gasteiger partial charge in [0.2, 0.25) is 11.8 Å². The van der Waals surface area contributed by atoms with Crippen LogP contribution in [0.15, 0.2) is 0 Å². The predicted molar refractivity (Wildman–Crippen MR) is 71.6 cm³/mol. The molecule has 2 fully saturated rings. The van der Waals surface area contributed by atoms with Crippen molar-refractivity contribution >= 4 is 24.2 Å². The first-order chi connectivity index (χ1) is 8.16. The number of halogens is 1. The molecule has 0 aromatic heterocycles. The van der Waals surface area contributed by atoms with Gasteiger partial charge in [0.1, 0.15) is 0 Å². The SMILES string of the molecule is CC(=O)N1CCC(C(=O)N[C@H]2CCCNC2)C1.Cl. The van der Waals surface area contributed by atoms with Gasteiger partial charge >= 0.3 is 0 Å². The minimum Gasteiger partial charge on any atom is -0.352 e. The van der Waals surface area contributed by atoms with Gasteiger partial charge in [0, 0.05) is 32.6 Å². The first kappa shape index (κ1) is 15.2. The van der Waals surface area contributed by atoms with Crippen molar-refractivity contribution in [2.24, 2.45) is 5.92 Å². The third kappa shape index (κ3) is 3.85. The quantitative estimate of drug-likeness (QED) is 0.754. The van der Waals surface area contributed by atoms with Gasteiger partial charge < -0.3 is 15.5 Å². The van der Waals surface area contributed by atoms with E-state index in [1.54, 1.807) is 11.8 Å². The maximum Gasteiger partial charge on any atom is 0.225 e. The molecule has 1 unspecified atom stereocenters. The fourth-order valence-corrected chi connectivity index (χ4v) is 2.55. The van der Waals surface area contributed by atoms with E-state index in [-0.39, 0.29) is 36.2 Å². The van der Waals surface area contributed by atoms with Crippen molar-refractivity contribution in [3.8, 4) is 0 Å². The third-order valence-corrected chi connectivity index (χ3v) is 3.65. The minimum atomic E-state index is -0.0131. The van der Waals surface area contributed by atoms with Crippen LogP contribution < -0.4 is 10.6 Å². The van der Waals surface area contributed by atoms with Gasteiger partial charge in [-0.2, -0.15) is 0 Å². The molecular weight excluding hydrogens is 254 g/mol. The summed E-state index contributed by atoms with van der Waals surface area (Å²) in [6, 6.07) is 0.266. The number of carbonyl (C=O) groups is 2. The summed E-state index contributed by atoms with van der Waals surface area (Å²) >= 11 is 0. The lowest BCUT2D eigenvalue weighted by molar-refractivity contribution is -0.128. The van der Waals surface area contributed by atoms with Crippen molar-refractivity contribution in [1.82, 2.24) is 15.5 Å². The summed E-state index contributed by atoms with van der Waals surface area (Å²) < 4.78 is 0. The van der Waals surface area contributed by atoms with Gasteiger partial charge in [-0.1, -0.05) is 0 Å². The molecule has 2 atom stereocenters. The maximum absolute atomic E-state index is 12.0. The van der Waals surface area contributed by atoms with Crippen LogP contribution in [0.4, 0.5) is 0 Å². The molecule has 2 N–H and O–H groups in total. The first-order valence-electron chi connectivity index (χ1n) is 6.43. The lowest BCUT2D eigenvalue weighted by atomic mass is 10.0. The number of nitrogens with zero attached hydrogens (tertiary/aromatic N) is 1. The van der Waals surface area contributed by atoms with E-state index < -0.39 is 0 Å². The summed E-state index contributed by atoms with van der Waals surface area (Å²) in [5.74, 6) is 0.169. The summed E-state index contributed by atoms with van der Waals surface area (Å²) in [5, 5.41) is 6.36. The van der Waals surface area contributed by atoms with Gasteiger partial charge in [-0.15, -0.1) is 12.4 Å². The second-order valence-corrected chi connectivity index (χ2v) is 5.00. The number of carbonyl (C=O) groups excluding carboxylic acids is 2. The molecule has 6 heteroatoms. The Morgan fingerprint density at radius 2 is 2.11 bits per heavy atom. The largest absolute Gasteiger partial charge is 0.352 e. The van der Waals surface area contributed by atoms with Gasteiger partial charge in [-0.25, -0.2) is 0 Å². The molecule has 0 aromatic carbocycles. The van der Waals surface area contributed by atoms with Crippen molar-refractivity contribution in [2.75, 3.05) is 26.2 Å². The Labute approximate surface area is 114 Å². The highest BCUT2D eigenvalue weighted by Crippen LogP contribution is 2.17. The van der Waals surface area contributed by atoms with Crippen molar-refractivity contribution < 1.29 is 9.59 Å². The average molecular weight is 276 g/mol. The van der Waals surface area contributed by atoms with Gasteiger partial charge in [-0.3, -0.25) is 9.59 Å². The number of amides is 2. The molecule has 0 saturated carbocycles. The van der Waals surface area contributed by atoms with Crippen LogP contribution in [0, 0.1) is 5.92 Å². The average Bonchev–Trinajstić information content (AvgIpc) is 2.79. The van der Waals surface area contributed by atoms with Crippen LogP contribution in [-0.2, 0) is 9.59 Å². The number of likely N-dealkylation sites (tertiary alicyclic amines) is 1. The van der Waals surface area contributed by atoms with E-state index in [1.165, 1.54) is 0 Å². The Morgan fingerprint density at radius 3 is 2.67 bits per heavy atom. The number of hydrogen-bond donors (Lipinski definition) is 2. The Bertz CT molecular complexity index is 306. The summed E-state index contributed by atoms with van der Waals surface area (Å²) in [4.78, 5) is 24.9. The Hall–Kier alpha value is -0.810. The zero-order valence-electron chi connectivity index (χ0n) is 10.8. The summed E-state index contributed by atoms with van der Waals surface area (Å²) in [6.07, 6.45) is 2.97. The maximum atomic E-state index is 12.0. The van der Waals surface area contributed by atoms with E-state index >= 15 is 0 Å². The second-order valence-electron chi connectivity index (χ2n) is 5.00. The molecule has 18 heavy (non-hydrogen) atoms. The molecule has 5 nitrogen and oxygen atoms in total. The van der Waals surface area contributed by atoms with Gasteiger partial charge in [0.25, 0.3) is 0 Å². The fraction of sp³-hybridized carbons (Fsp3) is 0.833. The molecule has 0 radical (unpaired) electrons. The van der Waals surface area contributed by atoms with Crippen LogP contribution in [0.1, 0.15) is 26.2 Å². The second kappa shape index (κ2) is 6.95. The van der Waals surface area contributed by atoms with Crippen LogP contribution in [0.3, 0.4) is 0 Å². The van der Waals surface area contributed by atoms with Crippen LogP contribution in [-0.4, -0.2) is 48.9 Å². The molecule has 2 rings (SSSR count). The van der Waals surface area contributed by atoms with Crippen LogP contribution in [0.25, 0.3) is 0 Å². The third-order valence-electron chi connectivity index (χ3n) is 3.65. The smallest absolute Gasteiger partial charge is 0.225 e. The topological polar surface area (TPSA) is 61.4 Å². The number of nitrogens with one attached hydrogen (secondary N) is 2. The normalized spacial score (nSPS) is 27.5. The molecule has 2 amide bonds.